The number of carbonyl (C=O) groups excluding carboxylic acids is 1. The average Bonchev–Trinajstić information content (AvgIpc) is 2.23. The molecule has 0 radical (unpaired) electrons. The van der Waals surface area contributed by atoms with Crippen LogP contribution in [0.5, 0.6) is 0 Å². The van der Waals surface area contributed by atoms with Crippen LogP contribution in [-0.2, 0) is 4.79 Å². The highest BCUT2D eigenvalue weighted by Crippen LogP contribution is 2.35. The maximum Gasteiger partial charge on any atom is 0.164 e. The van der Waals surface area contributed by atoms with Gasteiger partial charge in [0.25, 0.3) is 0 Å². The number of rotatable bonds is 5. The molecule has 1 aliphatic carbocycles. The number of Topliss-reactive ketones (excluding diaryl/α,β-unsaturated/α-hetero) is 1. The molecule has 2 heteroatoms. The van der Waals surface area contributed by atoms with E-state index >= 15 is 0 Å². The van der Waals surface area contributed by atoms with Crippen molar-refractivity contribution >= 4 is 5.78 Å². The summed E-state index contributed by atoms with van der Waals surface area (Å²) in [6.07, 6.45) is 6.69. The van der Waals surface area contributed by atoms with Crippen LogP contribution in [0.1, 0.15) is 52.4 Å². The van der Waals surface area contributed by atoms with E-state index < -0.39 is 5.60 Å². The SMILES string of the molecule is C=C[C@H](CCC(C)C)[C@]1(O)CCCCC1=O. The molecule has 92 valence electrons. The molecule has 0 aromatic rings. The quantitative estimate of drug-likeness (QED) is 0.729. The molecule has 2 nitrogen and oxygen atoms in total. The van der Waals surface area contributed by atoms with E-state index in [0.717, 1.165) is 25.7 Å². The zero-order chi connectivity index (χ0) is 12.2. The molecule has 0 saturated heterocycles. The predicted molar refractivity (Wildman–Crippen MR) is 66.2 cm³/mol. The first-order valence-corrected chi connectivity index (χ1v) is 6.39. The summed E-state index contributed by atoms with van der Waals surface area (Å²) in [7, 11) is 0. The second kappa shape index (κ2) is 5.62. The van der Waals surface area contributed by atoms with Gasteiger partial charge in [-0.3, -0.25) is 4.79 Å². The van der Waals surface area contributed by atoms with Gasteiger partial charge in [-0.05, 0) is 31.6 Å². The van der Waals surface area contributed by atoms with Gasteiger partial charge in [0.05, 0.1) is 0 Å². The lowest BCUT2D eigenvalue weighted by atomic mass is 9.72. The van der Waals surface area contributed by atoms with E-state index in [1.807, 2.05) is 0 Å². The molecule has 1 aliphatic rings. The normalized spacial score (nSPS) is 28.1. The van der Waals surface area contributed by atoms with Crippen LogP contribution in [0.3, 0.4) is 0 Å². The lowest BCUT2D eigenvalue weighted by Crippen LogP contribution is -2.47. The third-order valence-electron chi connectivity index (χ3n) is 3.65. The highest BCUT2D eigenvalue weighted by molar-refractivity contribution is 5.88. The molecule has 0 aliphatic heterocycles. The molecule has 0 unspecified atom stereocenters. The molecular weight excluding hydrogens is 200 g/mol. The molecule has 0 spiro atoms. The fourth-order valence-corrected chi connectivity index (χ4v) is 2.49. The van der Waals surface area contributed by atoms with Crippen molar-refractivity contribution in [1.82, 2.24) is 0 Å². The van der Waals surface area contributed by atoms with Crippen molar-refractivity contribution in [3.8, 4) is 0 Å². The second-order valence-electron chi connectivity index (χ2n) is 5.37. The first-order valence-electron chi connectivity index (χ1n) is 6.39. The third-order valence-corrected chi connectivity index (χ3v) is 3.65. The van der Waals surface area contributed by atoms with Crippen molar-refractivity contribution in [2.45, 2.75) is 58.0 Å². The van der Waals surface area contributed by atoms with Gasteiger partial charge in [0.1, 0.15) is 5.60 Å². The summed E-state index contributed by atoms with van der Waals surface area (Å²) < 4.78 is 0. The van der Waals surface area contributed by atoms with Gasteiger partial charge >= 0.3 is 0 Å². The number of hydrogen-bond donors (Lipinski definition) is 1. The van der Waals surface area contributed by atoms with E-state index in [9.17, 15) is 9.90 Å². The fraction of sp³-hybridized carbons (Fsp3) is 0.786. The van der Waals surface area contributed by atoms with Gasteiger partial charge in [-0.2, -0.15) is 0 Å². The zero-order valence-corrected chi connectivity index (χ0v) is 10.5. The van der Waals surface area contributed by atoms with Crippen LogP contribution in [0.15, 0.2) is 12.7 Å². The number of aliphatic hydroxyl groups is 1. The highest BCUT2D eigenvalue weighted by Gasteiger charge is 2.42. The molecule has 1 saturated carbocycles. The molecule has 1 fully saturated rings. The highest BCUT2D eigenvalue weighted by atomic mass is 16.3. The van der Waals surface area contributed by atoms with Gasteiger partial charge < -0.3 is 5.11 Å². The minimum Gasteiger partial charge on any atom is -0.381 e. The van der Waals surface area contributed by atoms with Crippen molar-refractivity contribution < 1.29 is 9.90 Å². The Labute approximate surface area is 98.7 Å². The van der Waals surface area contributed by atoms with Crippen molar-refractivity contribution in [3.05, 3.63) is 12.7 Å². The zero-order valence-electron chi connectivity index (χ0n) is 10.5. The van der Waals surface area contributed by atoms with Crippen molar-refractivity contribution in [1.29, 1.82) is 0 Å². The van der Waals surface area contributed by atoms with Gasteiger partial charge in [0, 0.05) is 12.3 Å². The number of ketones is 1. The first kappa shape index (κ1) is 13.4. The van der Waals surface area contributed by atoms with Crippen LogP contribution >= 0.6 is 0 Å². The van der Waals surface area contributed by atoms with Gasteiger partial charge in [-0.15, -0.1) is 6.58 Å². The molecule has 1 rings (SSSR count). The Balaban J connectivity index is 2.68. The van der Waals surface area contributed by atoms with Crippen LogP contribution in [0.25, 0.3) is 0 Å². The van der Waals surface area contributed by atoms with Crippen LogP contribution in [-0.4, -0.2) is 16.5 Å². The molecule has 16 heavy (non-hydrogen) atoms. The topological polar surface area (TPSA) is 37.3 Å². The van der Waals surface area contributed by atoms with Crippen molar-refractivity contribution in [2.24, 2.45) is 11.8 Å². The Morgan fingerprint density at radius 1 is 1.44 bits per heavy atom. The van der Waals surface area contributed by atoms with Gasteiger partial charge in [-0.25, -0.2) is 0 Å². The van der Waals surface area contributed by atoms with E-state index in [1.165, 1.54) is 0 Å². The van der Waals surface area contributed by atoms with E-state index in [0.29, 0.717) is 18.8 Å². The number of hydrogen-bond acceptors (Lipinski definition) is 2. The van der Waals surface area contributed by atoms with Crippen LogP contribution in [0.4, 0.5) is 0 Å². The Hall–Kier alpha value is -0.630. The Morgan fingerprint density at radius 2 is 2.12 bits per heavy atom. The largest absolute Gasteiger partial charge is 0.381 e. The van der Waals surface area contributed by atoms with Crippen molar-refractivity contribution in [3.63, 3.8) is 0 Å². The summed E-state index contributed by atoms with van der Waals surface area (Å²) in [6.45, 7) is 8.10. The number of carbonyl (C=O) groups is 1. The predicted octanol–water partition coefficient (Wildman–Crippen LogP) is 3.10. The fourth-order valence-electron chi connectivity index (χ4n) is 2.49. The smallest absolute Gasteiger partial charge is 0.164 e. The molecule has 1 N–H and O–H groups in total. The average molecular weight is 224 g/mol. The summed E-state index contributed by atoms with van der Waals surface area (Å²) >= 11 is 0. The van der Waals surface area contributed by atoms with E-state index in [1.54, 1.807) is 6.08 Å². The Bertz CT molecular complexity index is 257. The molecule has 0 aromatic heterocycles. The summed E-state index contributed by atoms with van der Waals surface area (Å²) in [6, 6.07) is 0. The lowest BCUT2D eigenvalue weighted by Gasteiger charge is -2.36. The molecular formula is C14H24O2. The molecule has 0 amide bonds. The van der Waals surface area contributed by atoms with Gasteiger partial charge in [0.2, 0.25) is 0 Å². The van der Waals surface area contributed by atoms with Crippen molar-refractivity contribution in [2.75, 3.05) is 0 Å². The van der Waals surface area contributed by atoms with Crippen LogP contribution in [0, 0.1) is 11.8 Å². The molecule has 0 bridgehead atoms. The second-order valence-corrected chi connectivity index (χ2v) is 5.37. The third kappa shape index (κ3) is 2.94. The Morgan fingerprint density at radius 3 is 2.62 bits per heavy atom. The summed E-state index contributed by atoms with van der Waals surface area (Å²) in [5.74, 6) is 0.555. The maximum atomic E-state index is 11.9. The first-order chi connectivity index (χ1) is 7.50. The standard InChI is InChI=1S/C14H24O2/c1-4-12(9-8-11(2)3)14(16)10-6-5-7-13(14)15/h4,11-12,16H,1,5-10H2,2-3H3/t12-,14-/m1/s1. The van der Waals surface area contributed by atoms with E-state index in [4.69, 9.17) is 0 Å². The van der Waals surface area contributed by atoms with E-state index in [-0.39, 0.29) is 11.7 Å². The monoisotopic (exact) mass is 224 g/mol. The maximum absolute atomic E-state index is 11.9. The molecule has 0 aromatic carbocycles. The molecule has 2 atom stereocenters. The van der Waals surface area contributed by atoms with Crippen LogP contribution < -0.4 is 0 Å². The van der Waals surface area contributed by atoms with Gasteiger partial charge in [0.15, 0.2) is 5.78 Å². The lowest BCUT2D eigenvalue weighted by molar-refractivity contribution is -0.146. The summed E-state index contributed by atoms with van der Waals surface area (Å²) in [5.41, 5.74) is -1.12. The summed E-state index contributed by atoms with van der Waals surface area (Å²) in [4.78, 5) is 11.9. The van der Waals surface area contributed by atoms with E-state index in [2.05, 4.69) is 20.4 Å². The summed E-state index contributed by atoms with van der Waals surface area (Å²) in [5, 5.41) is 10.5. The van der Waals surface area contributed by atoms with Gasteiger partial charge in [-0.1, -0.05) is 26.3 Å². The molecule has 0 heterocycles. The Kier molecular flexibility index (Phi) is 4.72. The minimum absolute atomic E-state index is 0.0207. The minimum atomic E-state index is -1.12. The van der Waals surface area contributed by atoms with Crippen LogP contribution in [0.2, 0.25) is 0 Å².